The first kappa shape index (κ1) is 20.9. The van der Waals surface area contributed by atoms with Crippen molar-refractivity contribution in [3.63, 3.8) is 0 Å². The van der Waals surface area contributed by atoms with Crippen LogP contribution in [0.3, 0.4) is 0 Å². The maximum Gasteiger partial charge on any atom is 0.256 e. The van der Waals surface area contributed by atoms with Gasteiger partial charge in [-0.05, 0) is 28.8 Å². The number of rotatable bonds is 6. The average Bonchev–Trinajstić information content (AvgIpc) is 2.73. The van der Waals surface area contributed by atoms with Crippen molar-refractivity contribution in [1.82, 2.24) is 9.88 Å². The number of ether oxygens (including phenoxy) is 1. The van der Waals surface area contributed by atoms with Gasteiger partial charge in [0.25, 0.3) is 5.91 Å². The number of anilines is 3. The van der Waals surface area contributed by atoms with E-state index in [0.29, 0.717) is 11.3 Å². The number of amides is 1. The fourth-order valence-corrected chi connectivity index (χ4v) is 2.84. The van der Waals surface area contributed by atoms with Crippen molar-refractivity contribution in [2.75, 3.05) is 31.0 Å². The third kappa shape index (κ3) is 4.41. The molecule has 0 radical (unpaired) electrons. The number of benzene rings is 2. The zero-order chi connectivity index (χ0) is 21.8. The molecule has 30 heavy (non-hydrogen) atoms. The Hall–Kier alpha value is -3.85. The topological polar surface area (TPSA) is 133 Å². The molecule has 9 heteroatoms. The summed E-state index contributed by atoms with van der Waals surface area (Å²) >= 11 is 0. The van der Waals surface area contributed by atoms with Crippen molar-refractivity contribution in [2.45, 2.75) is 6.61 Å². The third-order valence-electron chi connectivity index (χ3n) is 4.46. The van der Waals surface area contributed by atoms with Crippen LogP contribution in [0.2, 0.25) is 0 Å². The van der Waals surface area contributed by atoms with Crippen LogP contribution < -0.4 is 27.5 Å². The summed E-state index contributed by atoms with van der Waals surface area (Å²) in [5, 5.41) is 0. The summed E-state index contributed by atoms with van der Waals surface area (Å²) in [6.45, 7) is 0.239. The maximum atomic E-state index is 14.4. The number of hydrogen-bond acceptors (Lipinski definition) is 7. The van der Waals surface area contributed by atoms with E-state index in [-0.39, 0.29) is 35.4 Å². The molecular formula is C21H23FN6O2. The lowest BCUT2D eigenvalue weighted by molar-refractivity contribution is 0.0823. The van der Waals surface area contributed by atoms with Crippen LogP contribution in [0.1, 0.15) is 15.9 Å². The zero-order valence-corrected chi connectivity index (χ0v) is 16.6. The first-order valence-corrected chi connectivity index (χ1v) is 9.06. The van der Waals surface area contributed by atoms with Gasteiger partial charge in [-0.25, -0.2) is 15.2 Å². The molecule has 0 aliphatic carbocycles. The van der Waals surface area contributed by atoms with Gasteiger partial charge in [-0.1, -0.05) is 30.3 Å². The van der Waals surface area contributed by atoms with E-state index in [2.05, 4.69) is 10.4 Å². The third-order valence-corrected chi connectivity index (χ3v) is 4.46. The maximum absolute atomic E-state index is 14.4. The van der Waals surface area contributed by atoms with Gasteiger partial charge in [0.2, 0.25) is 0 Å². The molecule has 8 nitrogen and oxygen atoms in total. The summed E-state index contributed by atoms with van der Waals surface area (Å²) in [4.78, 5) is 17.3. The van der Waals surface area contributed by atoms with E-state index in [9.17, 15) is 9.18 Å². The van der Waals surface area contributed by atoms with E-state index in [1.165, 1.54) is 23.1 Å². The first-order chi connectivity index (χ1) is 14.3. The van der Waals surface area contributed by atoms with Gasteiger partial charge in [0.05, 0.1) is 5.56 Å². The van der Waals surface area contributed by atoms with Crippen molar-refractivity contribution in [3.05, 3.63) is 65.5 Å². The number of carbonyl (C=O) groups is 1. The Morgan fingerprint density at radius 1 is 1.10 bits per heavy atom. The second-order valence-corrected chi connectivity index (χ2v) is 6.83. The molecule has 0 atom stereocenters. The predicted octanol–water partition coefficient (Wildman–Crippen LogP) is 2.62. The molecule has 0 aliphatic heterocycles. The SMILES string of the molecule is CN(C)C(=O)c1ccc(-c2ccc(COc3cc(N)nc(NN)c3N)cc2)cc1F. The number of nitrogens with zero attached hydrogens (tertiary/aromatic N) is 2. The highest BCUT2D eigenvalue weighted by Gasteiger charge is 2.14. The molecule has 0 aliphatic rings. The minimum atomic E-state index is -0.561. The Kier molecular flexibility index (Phi) is 6.03. The Labute approximate surface area is 173 Å². The van der Waals surface area contributed by atoms with Crippen LogP contribution in [0.15, 0.2) is 48.5 Å². The van der Waals surface area contributed by atoms with Gasteiger partial charge in [0, 0.05) is 20.2 Å². The summed E-state index contributed by atoms with van der Waals surface area (Å²) in [6.07, 6.45) is 0. The normalized spacial score (nSPS) is 10.5. The molecule has 0 bridgehead atoms. The molecule has 0 saturated heterocycles. The molecule has 1 heterocycles. The average molecular weight is 410 g/mol. The van der Waals surface area contributed by atoms with Crippen LogP contribution in [0.5, 0.6) is 5.75 Å². The lowest BCUT2D eigenvalue weighted by atomic mass is 10.0. The van der Waals surface area contributed by atoms with Gasteiger partial charge in [-0.2, -0.15) is 0 Å². The van der Waals surface area contributed by atoms with Crippen LogP contribution in [-0.4, -0.2) is 29.9 Å². The minimum Gasteiger partial charge on any atom is -0.486 e. The van der Waals surface area contributed by atoms with Gasteiger partial charge < -0.3 is 26.5 Å². The Balaban J connectivity index is 1.74. The number of nitrogens with two attached hydrogens (primary N) is 3. The summed E-state index contributed by atoms with van der Waals surface area (Å²) in [6, 6.07) is 13.5. The van der Waals surface area contributed by atoms with Gasteiger partial charge in [0.15, 0.2) is 5.82 Å². The highest BCUT2D eigenvalue weighted by Crippen LogP contribution is 2.30. The highest BCUT2D eigenvalue weighted by molar-refractivity contribution is 5.94. The fraction of sp³-hybridized carbons (Fsp3) is 0.143. The van der Waals surface area contributed by atoms with E-state index < -0.39 is 5.82 Å². The van der Waals surface area contributed by atoms with Gasteiger partial charge in [0.1, 0.15) is 29.7 Å². The van der Waals surface area contributed by atoms with Crippen molar-refractivity contribution >= 4 is 23.2 Å². The number of nitrogens with one attached hydrogen (secondary N) is 1. The quantitative estimate of drug-likeness (QED) is 0.363. The lowest BCUT2D eigenvalue weighted by Gasteiger charge is -2.13. The van der Waals surface area contributed by atoms with E-state index >= 15 is 0 Å². The first-order valence-electron chi connectivity index (χ1n) is 9.06. The molecule has 1 amide bonds. The molecule has 0 fully saturated rings. The molecule has 7 N–H and O–H groups in total. The second kappa shape index (κ2) is 8.66. The minimum absolute atomic E-state index is 0.0364. The number of nitrogen functional groups attached to an aromatic ring is 3. The van der Waals surface area contributed by atoms with Gasteiger partial charge in [-0.3, -0.25) is 4.79 Å². The number of aromatic nitrogens is 1. The standard InChI is InChI=1S/C21H23FN6O2/c1-28(2)21(29)15-8-7-14(9-16(15)22)13-5-3-12(4-6-13)11-30-17-10-18(23)26-20(27-25)19(17)24/h3-10H,11,24-25H2,1-2H3,(H3,23,26,27). The zero-order valence-electron chi connectivity index (χ0n) is 16.6. The van der Waals surface area contributed by atoms with Crippen LogP contribution in [-0.2, 0) is 6.61 Å². The molecule has 2 aromatic carbocycles. The Bertz CT molecular complexity index is 1070. The fourth-order valence-electron chi connectivity index (χ4n) is 2.84. The lowest BCUT2D eigenvalue weighted by Crippen LogP contribution is -2.22. The number of hydrazine groups is 1. The van der Waals surface area contributed by atoms with Gasteiger partial charge >= 0.3 is 0 Å². The number of carbonyl (C=O) groups excluding carboxylic acids is 1. The van der Waals surface area contributed by atoms with E-state index in [0.717, 1.165) is 11.1 Å². The monoisotopic (exact) mass is 410 g/mol. The van der Waals surface area contributed by atoms with Crippen molar-refractivity contribution in [2.24, 2.45) is 5.84 Å². The molecule has 156 valence electrons. The van der Waals surface area contributed by atoms with Crippen molar-refractivity contribution in [1.29, 1.82) is 0 Å². The van der Waals surface area contributed by atoms with Crippen LogP contribution in [0.4, 0.5) is 21.7 Å². The predicted molar refractivity (Wildman–Crippen MR) is 115 cm³/mol. The van der Waals surface area contributed by atoms with Crippen LogP contribution in [0, 0.1) is 5.82 Å². The molecular weight excluding hydrogens is 387 g/mol. The Morgan fingerprint density at radius 3 is 2.37 bits per heavy atom. The van der Waals surface area contributed by atoms with Crippen molar-refractivity contribution in [3.8, 4) is 16.9 Å². The second-order valence-electron chi connectivity index (χ2n) is 6.83. The largest absolute Gasteiger partial charge is 0.486 e. The van der Waals surface area contributed by atoms with Crippen LogP contribution >= 0.6 is 0 Å². The summed E-state index contributed by atoms with van der Waals surface area (Å²) in [5.74, 6) is 5.25. The van der Waals surface area contributed by atoms with Gasteiger partial charge in [-0.15, -0.1) is 0 Å². The molecule has 1 aromatic heterocycles. The van der Waals surface area contributed by atoms with E-state index in [1.807, 2.05) is 24.3 Å². The molecule has 0 saturated carbocycles. The molecule has 0 unspecified atom stereocenters. The van der Waals surface area contributed by atoms with E-state index in [4.69, 9.17) is 22.0 Å². The Morgan fingerprint density at radius 2 is 1.77 bits per heavy atom. The van der Waals surface area contributed by atoms with Crippen LogP contribution in [0.25, 0.3) is 11.1 Å². The summed E-state index contributed by atoms with van der Waals surface area (Å²) in [5.41, 5.74) is 16.7. The molecule has 3 rings (SSSR count). The molecule has 3 aromatic rings. The van der Waals surface area contributed by atoms with Crippen molar-refractivity contribution < 1.29 is 13.9 Å². The summed E-state index contributed by atoms with van der Waals surface area (Å²) in [7, 11) is 3.16. The summed E-state index contributed by atoms with van der Waals surface area (Å²) < 4.78 is 20.1. The molecule has 0 spiro atoms. The highest BCUT2D eigenvalue weighted by atomic mass is 19.1. The van der Waals surface area contributed by atoms with E-state index in [1.54, 1.807) is 20.2 Å². The number of hydrogen-bond donors (Lipinski definition) is 4. The number of halogens is 1. The smallest absolute Gasteiger partial charge is 0.256 e. The number of pyridine rings is 1.